The Hall–Kier alpha value is -3.65. The highest BCUT2D eigenvalue weighted by molar-refractivity contribution is 6.27. The third-order valence-electron chi connectivity index (χ3n) is 7.31. The smallest absolute Gasteiger partial charge is 0.414 e. The highest BCUT2D eigenvalue weighted by atomic mass is 16.4. The summed E-state index contributed by atoms with van der Waals surface area (Å²) in [4.78, 5) is 38.4. The Balaban J connectivity index is 0.000000599. The highest BCUT2D eigenvalue weighted by Gasteiger charge is 2.30. The number of benzene rings is 2. The van der Waals surface area contributed by atoms with Crippen LogP contribution in [0.5, 0.6) is 0 Å². The van der Waals surface area contributed by atoms with Gasteiger partial charge in [-0.15, -0.1) is 0 Å². The second kappa shape index (κ2) is 13.8. The molecule has 8 heteroatoms. The number of carbonyl (C=O) groups is 3. The van der Waals surface area contributed by atoms with Crippen molar-refractivity contribution in [3.63, 3.8) is 0 Å². The molecule has 2 saturated heterocycles. The minimum absolute atomic E-state index is 0.192. The molecule has 1 amide bonds. The van der Waals surface area contributed by atoms with Gasteiger partial charge in [0.15, 0.2) is 0 Å². The van der Waals surface area contributed by atoms with Crippen LogP contribution in [0.4, 0.5) is 5.69 Å². The summed E-state index contributed by atoms with van der Waals surface area (Å²) in [5.41, 5.74) is 6.65. The molecule has 2 aromatic carbocycles. The number of piperidine rings is 1. The molecule has 0 aliphatic carbocycles. The molecule has 0 spiro atoms. The average Bonchev–Trinajstić information content (AvgIpc) is 2.91. The van der Waals surface area contributed by atoms with E-state index in [0.29, 0.717) is 5.91 Å². The van der Waals surface area contributed by atoms with E-state index in [2.05, 4.69) is 90.1 Å². The number of hydrogen-bond acceptors (Lipinski definition) is 5. The van der Waals surface area contributed by atoms with Crippen LogP contribution in [0.1, 0.15) is 36.5 Å². The molecule has 2 aromatic rings. The van der Waals surface area contributed by atoms with Gasteiger partial charge in [0.2, 0.25) is 5.91 Å². The Kier molecular flexibility index (Phi) is 10.5. The summed E-state index contributed by atoms with van der Waals surface area (Å²) in [5.74, 6) is -3.08. The second-order valence-electron chi connectivity index (χ2n) is 10.1. The SMILES string of the molecule is C/C(=C\c1ccccc1)CN1CCC(C(=O)N2CCN(c3cccc(C)c3C)CC2)CC1.O=C(O)C(=O)O. The van der Waals surface area contributed by atoms with E-state index in [9.17, 15) is 4.79 Å². The highest BCUT2D eigenvalue weighted by Crippen LogP contribution is 2.26. The number of amides is 1. The minimum atomic E-state index is -1.82. The van der Waals surface area contributed by atoms with Crippen molar-refractivity contribution in [1.29, 1.82) is 0 Å². The fourth-order valence-electron chi connectivity index (χ4n) is 5.07. The summed E-state index contributed by atoms with van der Waals surface area (Å²) in [5, 5.41) is 14.8. The molecular weight excluding hydrogens is 482 g/mol. The van der Waals surface area contributed by atoms with E-state index >= 15 is 0 Å². The number of aryl methyl sites for hydroxylation is 1. The van der Waals surface area contributed by atoms with Crippen molar-refractivity contribution in [3.05, 3.63) is 70.8 Å². The molecule has 0 saturated carbocycles. The van der Waals surface area contributed by atoms with Crippen LogP contribution in [-0.2, 0) is 14.4 Å². The van der Waals surface area contributed by atoms with E-state index in [4.69, 9.17) is 19.8 Å². The molecule has 0 aromatic heterocycles. The summed E-state index contributed by atoms with van der Waals surface area (Å²) < 4.78 is 0. The van der Waals surface area contributed by atoms with Crippen LogP contribution in [0.25, 0.3) is 6.08 Å². The summed E-state index contributed by atoms with van der Waals surface area (Å²) in [7, 11) is 0. The quantitative estimate of drug-likeness (QED) is 0.575. The number of aliphatic carboxylic acids is 2. The molecule has 2 aliphatic rings. The summed E-state index contributed by atoms with van der Waals surface area (Å²) in [6.45, 7) is 13.1. The number of carbonyl (C=O) groups excluding carboxylic acids is 1. The van der Waals surface area contributed by atoms with E-state index in [0.717, 1.165) is 58.7 Å². The Morgan fingerprint density at radius 1 is 0.842 bits per heavy atom. The van der Waals surface area contributed by atoms with Crippen molar-refractivity contribution >= 4 is 29.6 Å². The third kappa shape index (κ3) is 8.18. The molecular formula is C30H39N3O5. The predicted molar refractivity (Wildman–Crippen MR) is 149 cm³/mol. The van der Waals surface area contributed by atoms with Crippen molar-refractivity contribution in [2.45, 2.75) is 33.6 Å². The number of carboxylic acid groups (broad SMARTS) is 2. The van der Waals surface area contributed by atoms with Crippen LogP contribution in [0.2, 0.25) is 0 Å². The number of rotatable bonds is 5. The fourth-order valence-corrected chi connectivity index (χ4v) is 5.07. The van der Waals surface area contributed by atoms with Crippen molar-refractivity contribution in [2.24, 2.45) is 5.92 Å². The average molecular weight is 522 g/mol. The van der Waals surface area contributed by atoms with Crippen LogP contribution in [0, 0.1) is 19.8 Å². The van der Waals surface area contributed by atoms with Gasteiger partial charge in [0.25, 0.3) is 0 Å². The van der Waals surface area contributed by atoms with Gasteiger partial charge in [-0.1, -0.05) is 54.1 Å². The fraction of sp³-hybridized carbons (Fsp3) is 0.433. The van der Waals surface area contributed by atoms with E-state index < -0.39 is 11.9 Å². The monoisotopic (exact) mass is 521 g/mol. The lowest BCUT2D eigenvalue weighted by Gasteiger charge is -2.40. The van der Waals surface area contributed by atoms with E-state index in [1.165, 1.54) is 28.0 Å². The Morgan fingerprint density at radius 3 is 2.03 bits per heavy atom. The van der Waals surface area contributed by atoms with E-state index in [-0.39, 0.29) is 5.92 Å². The molecule has 4 rings (SSSR count). The Morgan fingerprint density at radius 2 is 1.45 bits per heavy atom. The first-order valence-electron chi connectivity index (χ1n) is 13.2. The predicted octanol–water partition coefficient (Wildman–Crippen LogP) is 3.92. The van der Waals surface area contributed by atoms with Gasteiger partial charge in [0.05, 0.1) is 0 Å². The summed E-state index contributed by atoms with van der Waals surface area (Å²) >= 11 is 0. The molecule has 2 aliphatic heterocycles. The normalized spacial score (nSPS) is 17.0. The first-order valence-corrected chi connectivity index (χ1v) is 13.2. The number of nitrogens with zero attached hydrogens (tertiary/aromatic N) is 3. The summed E-state index contributed by atoms with van der Waals surface area (Å²) in [6, 6.07) is 17.0. The van der Waals surface area contributed by atoms with Gasteiger partial charge in [-0.05, 0) is 69.5 Å². The number of carboxylic acids is 2. The lowest BCUT2D eigenvalue weighted by molar-refractivity contribution is -0.159. The first kappa shape index (κ1) is 28.9. The maximum atomic E-state index is 13.2. The second-order valence-corrected chi connectivity index (χ2v) is 10.1. The lowest BCUT2D eigenvalue weighted by atomic mass is 9.94. The molecule has 204 valence electrons. The van der Waals surface area contributed by atoms with Gasteiger partial charge < -0.3 is 20.0 Å². The zero-order valence-corrected chi connectivity index (χ0v) is 22.6. The zero-order valence-electron chi connectivity index (χ0n) is 22.6. The van der Waals surface area contributed by atoms with Gasteiger partial charge in [-0.3, -0.25) is 9.69 Å². The van der Waals surface area contributed by atoms with Crippen molar-refractivity contribution in [2.75, 3.05) is 50.7 Å². The molecule has 0 unspecified atom stereocenters. The van der Waals surface area contributed by atoms with Gasteiger partial charge >= 0.3 is 11.9 Å². The first-order chi connectivity index (χ1) is 18.2. The lowest BCUT2D eigenvalue weighted by Crippen LogP contribution is -2.51. The maximum Gasteiger partial charge on any atom is 0.414 e. The van der Waals surface area contributed by atoms with Crippen LogP contribution in [-0.4, -0.2) is 83.7 Å². The zero-order chi connectivity index (χ0) is 27.7. The molecule has 38 heavy (non-hydrogen) atoms. The number of anilines is 1. The largest absolute Gasteiger partial charge is 0.473 e. The minimum Gasteiger partial charge on any atom is -0.473 e. The van der Waals surface area contributed by atoms with Gasteiger partial charge in [0.1, 0.15) is 0 Å². The van der Waals surface area contributed by atoms with Crippen LogP contribution in [0.3, 0.4) is 0 Å². The Bertz CT molecular complexity index is 1120. The molecule has 2 heterocycles. The van der Waals surface area contributed by atoms with Crippen LogP contribution < -0.4 is 4.90 Å². The van der Waals surface area contributed by atoms with Gasteiger partial charge in [0, 0.05) is 44.3 Å². The third-order valence-corrected chi connectivity index (χ3v) is 7.31. The maximum absolute atomic E-state index is 13.2. The van der Waals surface area contributed by atoms with E-state index in [1.807, 2.05) is 0 Å². The molecule has 0 radical (unpaired) electrons. The standard InChI is InChI=1S/C28H37N3O.C2H2O4/c1-22(20-25-9-5-4-6-10-25)21-29-14-12-26(13-15-29)28(32)31-18-16-30(17-19-31)27-11-7-8-23(2)24(27)3;3-1(4)2(5)6/h4-11,20,26H,12-19,21H2,1-3H3;(H,3,4)(H,5,6)/b22-20+;. The van der Waals surface area contributed by atoms with Crippen LogP contribution >= 0.6 is 0 Å². The molecule has 0 bridgehead atoms. The topological polar surface area (TPSA) is 101 Å². The van der Waals surface area contributed by atoms with Gasteiger partial charge in [-0.25, -0.2) is 9.59 Å². The summed E-state index contributed by atoms with van der Waals surface area (Å²) in [6.07, 6.45) is 4.23. The van der Waals surface area contributed by atoms with Crippen molar-refractivity contribution < 1.29 is 24.6 Å². The Labute approximate surface area is 225 Å². The molecule has 2 fully saturated rings. The molecule has 8 nitrogen and oxygen atoms in total. The van der Waals surface area contributed by atoms with E-state index in [1.54, 1.807) is 0 Å². The van der Waals surface area contributed by atoms with Crippen molar-refractivity contribution in [1.82, 2.24) is 9.80 Å². The van der Waals surface area contributed by atoms with Crippen LogP contribution in [0.15, 0.2) is 54.1 Å². The van der Waals surface area contributed by atoms with Crippen molar-refractivity contribution in [3.8, 4) is 0 Å². The molecule has 0 atom stereocenters. The number of hydrogen-bond donors (Lipinski definition) is 2. The van der Waals surface area contributed by atoms with Gasteiger partial charge in [-0.2, -0.15) is 0 Å². The molecule has 2 N–H and O–H groups in total. The number of likely N-dealkylation sites (tertiary alicyclic amines) is 1. The number of piperazine rings is 1.